The molecule has 21 heavy (non-hydrogen) atoms. The van der Waals surface area contributed by atoms with Gasteiger partial charge in [-0.1, -0.05) is 26.8 Å². The van der Waals surface area contributed by atoms with Gasteiger partial charge in [-0.15, -0.1) is 5.10 Å². The smallest absolute Gasteiger partial charge is 0.341 e. The first-order valence-corrected chi connectivity index (χ1v) is 6.71. The van der Waals surface area contributed by atoms with E-state index in [1.54, 1.807) is 12.4 Å². The van der Waals surface area contributed by atoms with Crippen LogP contribution >= 0.6 is 0 Å². The highest BCUT2D eigenvalue weighted by Crippen LogP contribution is 2.29. The van der Waals surface area contributed by atoms with Crippen molar-refractivity contribution in [3.8, 4) is 0 Å². The van der Waals surface area contributed by atoms with Gasteiger partial charge in [-0.2, -0.15) is 0 Å². The van der Waals surface area contributed by atoms with Gasteiger partial charge in [0.1, 0.15) is 0 Å². The van der Waals surface area contributed by atoms with Crippen molar-refractivity contribution in [1.82, 2.24) is 25.5 Å². The van der Waals surface area contributed by atoms with E-state index >= 15 is 0 Å². The van der Waals surface area contributed by atoms with E-state index in [9.17, 15) is 9.59 Å². The molecule has 7 heteroatoms. The summed E-state index contributed by atoms with van der Waals surface area (Å²) in [7, 11) is 0. The third-order valence-electron chi connectivity index (χ3n) is 2.92. The maximum absolute atomic E-state index is 12.1. The molecule has 0 aliphatic heterocycles. The average molecular weight is 289 g/mol. The Morgan fingerprint density at radius 3 is 2.71 bits per heavy atom. The number of aromatic amines is 2. The van der Waals surface area contributed by atoms with Gasteiger partial charge in [-0.05, 0) is 23.5 Å². The number of hydrogen-bond acceptors (Lipinski definition) is 4. The molecule has 2 rings (SSSR count). The molecule has 0 saturated heterocycles. The zero-order chi connectivity index (χ0) is 15.5. The van der Waals surface area contributed by atoms with Crippen molar-refractivity contribution in [1.29, 1.82) is 0 Å². The Labute approximate surface area is 122 Å². The van der Waals surface area contributed by atoms with Crippen LogP contribution in [-0.2, 0) is 0 Å². The highest BCUT2D eigenvalue weighted by Gasteiger charge is 2.23. The molecule has 0 aliphatic carbocycles. The zero-order valence-corrected chi connectivity index (χ0v) is 12.3. The van der Waals surface area contributed by atoms with E-state index in [1.165, 1.54) is 0 Å². The number of rotatable bonds is 4. The number of nitrogens with one attached hydrogen (secondary N) is 3. The van der Waals surface area contributed by atoms with Gasteiger partial charge >= 0.3 is 5.69 Å². The minimum Gasteiger partial charge on any atom is -0.342 e. The summed E-state index contributed by atoms with van der Waals surface area (Å²) in [5.41, 5.74) is 0.430. The molecule has 0 unspecified atom stereocenters. The maximum atomic E-state index is 12.1. The predicted octanol–water partition coefficient (Wildman–Crippen LogP) is 1.40. The lowest BCUT2D eigenvalue weighted by molar-refractivity contribution is 0.0916. The number of amides is 1. The largest absolute Gasteiger partial charge is 0.342 e. The van der Waals surface area contributed by atoms with E-state index in [0.717, 1.165) is 12.0 Å². The van der Waals surface area contributed by atoms with Crippen molar-refractivity contribution >= 4 is 5.91 Å². The first kappa shape index (κ1) is 15.0. The summed E-state index contributed by atoms with van der Waals surface area (Å²) in [5.74, 6) is -0.450. The van der Waals surface area contributed by atoms with Crippen molar-refractivity contribution in [2.45, 2.75) is 33.2 Å². The van der Waals surface area contributed by atoms with Crippen molar-refractivity contribution in [3.63, 3.8) is 0 Å². The van der Waals surface area contributed by atoms with Gasteiger partial charge in [-0.3, -0.25) is 14.8 Å². The van der Waals surface area contributed by atoms with Crippen molar-refractivity contribution < 1.29 is 4.79 Å². The van der Waals surface area contributed by atoms with Crippen LogP contribution in [0.25, 0.3) is 0 Å². The first-order valence-electron chi connectivity index (χ1n) is 6.71. The molecule has 2 aromatic rings. The second kappa shape index (κ2) is 5.90. The molecular weight excluding hydrogens is 270 g/mol. The summed E-state index contributed by atoms with van der Waals surface area (Å²) in [6.45, 7) is 6.29. The second-order valence-electron chi connectivity index (χ2n) is 6.10. The summed E-state index contributed by atoms with van der Waals surface area (Å²) >= 11 is 0. The monoisotopic (exact) mass is 289 g/mol. The molecule has 0 fully saturated rings. The molecule has 0 aliphatic rings. The number of aromatic nitrogens is 4. The van der Waals surface area contributed by atoms with Gasteiger partial charge in [-0.25, -0.2) is 9.89 Å². The number of hydrogen-bond donors (Lipinski definition) is 3. The summed E-state index contributed by atoms with van der Waals surface area (Å²) in [6.07, 6.45) is 4.15. The van der Waals surface area contributed by atoms with Crippen LogP contribution in [0.1, 0.15) is 49.4 Å². The lowest BCUT2D eigenvalue weighted by atomic mass is 9.86. The van der Waals surface area contributed by atoms with Crippen LogP contribution < -0.4 is 11.0 Å². The van der Waals surface area contributed by atoms with Gasteiger partial charge < -0.3 is 5.32 Å². The van der Waals surface area contributed by atoms with Crippen LogP contribution in [0.15, 0.2) is 29.3 Å². The molecule has 2 aromatic heterocycles. The third kappa shape index (κ3) is 4.27. The Hall–Kier alpha value is -2.44. The van der Waals surface area contributed by atoms with Gasteiger partial charge in [0.2, 0.25) is 5.82 Å². The van der Waals surface area contributed by atoms with Crippen LogP contribution in [0.5, 0.6) is 0 Å². The van der Waals surface area contributed by atoms with E-state index in [0.29, 0.717) is 0 Å². The standard InChI is InChI=1S/C14H19N5O2/c1-14(2,3)7-10(9-5-4-6-15-8-9)16-12(20)11-17-13(21)19-18-11/h4-6,8,10H,7H2,1-3H3,(H,16,20)(H2,17,18,19,21)/t10-/m0/s1. The number of nitrogens with zero attached hydrogens (tertiary/aromatic N) is 2. The van der Waals surface area contributed by atoms with E-state index < -0.39 is 11.6 Å². The highest BCUT2D eigenvalue weighted by molar-refractivity contribution is 5.90. The van der Waals surface area contributed by atoms with E-state index in [2.05, 4.69) is 46.3 Å². The Balaban J connectivity index is 2.20. The van der Waals surface area contributed by atoms with Crippen LogP contribution in [0, 0.1) is 5.41 Å². The van der Waals surface area contributed by atoms with Gasteiger partial charge in [0.15, 0.2) is 0 Å². The molecule has 0 aromatic carbocycles. The average Bonchev–Trinajstić information content (AvgIpc) is 2.84. The summed E-state index contributed by atoms with van der Waals surface area (Å²) in [4.78, 5) is 29.6. The first-order chi connectivity index (χ1) is 9.85. The van der Waals surface area contributed by atoms with Gasteiger partial charge in [0, 0.05) is 12.4 Å². The van der Waals surface area contributed by atoms with Crippen molar-refractivity contribution in [3.05, 3.63) is 46.4 Å². The summed E-state index contributed by atoms with van der Waals surface area (Å²) < 4.78 is 0. The summed E-state index contributed by atoms with van der Waals surface area (Å²) in [5, 5.41) is 8.70. The fourth-order valence-electron chi connectivity index (χ4n) is 2.05. The number of H-pyrrole nitrogens is 2. The third-order valence-corrected chi connectivity index (χ3v) is 2.92. The molecule has 0 spiro atoms. The molecule has 3 N–H and O–H groups in total. The number of carbonyl (C=O) groups excluding carboxylic acids is 1. The zero-order valence-electron chi connectivity index (χ0n) is 12.3. The molecule has 112 valence electrons. The molecular formula is C14H19N5O2. The quantitative estimate of drug-likeness (QED) is 0.791. The van der Waals surface area contributed by atoms with E-state index in [-0.39, 0.29) is 17.3 Å². The lowest BCUT2D eigenvalue weighted by Gasteiger charge is -2.26. The minimum absolute atomic E-state index is 0.0206. The minimum atomic E-state index is -0.506. The normalized spacial score (nSPS) is 12.9. The van der Waals surface area contributed by atoms with E-state index in [1.807, 2.05) is 12.1 Å². The van der Waals surface area contributed by atoms with Crippen molar-refractivity contribution in [2.75, 3.05) is 0 Å². The lowest BCUT2D eigenvalue weighted by Crippen LogP contribution is -2.32. The highest BCUT2D eigenvalue weighted by atomic mass is 16.2. The Kier molecular flexibility index (Phi) is 4.21. The Morgan fingerprint density at radius 2 is 2.19 bits per heavy atom. The summed E-state index contributed by atoms with van der Waals surface area (Å²) in [6, 6.07) is 3.54. The molecule has 2 heterocycles. The maximum Gasteiger partial charge on any atom is 0.341 e. The fraction of sp³-hybridized carbons (Fsp3) is 0.429. The van der Waals surface area contributed by atoms with Crippen molar-refractivity contribution in [2.24, 2.45) is 5.41 Å². The Morgan fingerprint density at radius 1 is 1.43 bits per heavy atom. The molecule has 0 bridgehead atoms. The molecule has 1 atom stereocenters. The van der Waals surface area contributed by atoms with Gasteiger partial charge in [0.25, 0.3) is 5.91 Å². The second-order valence-corrected chi connectivity index (χ2v) is 6.10. The number of pyridine rings is 1. The van der Waals surface area contributed by atoms with Crippen LogP contribution in [0.3, 0.4) is 0 Å². The van der Waals surface area contributed by atoms with E-state index in [4.69, 9.17) is 0 Å². The van der Waals surface area contributed by atoms with Crippen LogP contribution in [0.2, 0.25) is 0 Å². The SMILES string of the molecule is CC(C)(C)C[C@H](NC(=O)c1n[nH]c(=O)[nH]1)c1cccnc1. The van der Waals surface area contributed by atoms with Gasteiger partial charge in [0.05, 0.1) is 6.04 Å². The fourth-order valence-corrected chi connectivity index (χ4v) is 2.05. The number of carbonyl (C=O) groups is 1. The molecule has 1 amide bonds. The predicted molar refractivity (Wildman–Crippen MR) is 77.7 cm³/mol. The molecule has 0 radical (unpaired) electrons. The van der Waals surface area contributed by atoms with Crippen LogP contribution in [0.4, 0.5) is 0 Å². The molecule has 7 nitrogen and oxygen atoms in total. The topological polar surface area (TPSA) is 104 Å². The van der Waals surface area contributed by atoms with Crippen LogP contribution in [-0.4, -0.2) is 26.1 Å². The molecule has 0 saturated carbocycles. The Bertz CT molecular complexity index is 654.